The van der Waals surface area contributed by atoms with Crippen molar-refractivity contribution in [2.24, 2.45) is 0 Å². The summed E-state index contributed by atoms with van der Waals surface area (Å²) in [5, 5.41) is 0. The molecule has 0 atom stereocenters. The third-order valence-electron chi connectivity index (χ3n) is 1.91. The van der Waals surface area contributed by atoms with Gasteiger partial charge in [-0.1, -0.05) is 37.1 Å². The maximum absolute atomic E-state index is 4.88. The molecule has 0 amide bonds. The van der Waals surface area contributed by atoms with Crippen molar-refractivity contribution in [3.8, 4) is 0 Å². The molecule has 0 nitrogen and oxygen atoms in total. The zero-order valence-electron chi connectivity index (χ0n) is 8.70. The summed E-state index contributed by atoms with van der Waals surface area (Å²) in [4.78, 5) is 0. The van der Waals surface area contributed by atoms with E-state index in [4.69, 9.17) is 18.8 Å². The van der Waals surface area contributed by atoms with Gasteiger partial charge in [0.1, 0.15) is 0 Å². The normalized spacial score (nSPS) is 17.5. The Bertz CT molecular complexity index is 147. The molecule has 0 aromatic carbocycles. The minimum absolute atomic E-state index is 0.472. The summed E-state index contributed by atoms with van der Waals surface area (Å²) in [5.74, 6) is 0. The van der Waals surface area contributed by atoms with Gasteiger partial charge < -0.3 is 6.08 Å². The van der Waals surface area contributed by atoms with Gasteiger partial charge in [0.25, 0.3) is 0 Å². The molecule has 0 fully saturated rings. The van der Waals surface area contributed by atoms with Crippen LogP contribution in [0.3, 0.4) is 0 Å². The molecular formula is C12H17Cl2Pt-. The second-order valence-electron chi connectivity index (χ2n) is 3.09. The molecule has 0 aromatic heterocycles. The first kappa shape index (κ1) is 15.5. The topological polar surface area (TPSA) is 0 Å². The summed E-state index contributed by atoms with van der Waals surface area (Å²) < 4.78 is 0. The molecule has 0 unspecified atom stereocenters. The second kappa shape index (κ2) is 14.5. The SMILES string of the molecule is [C-]1=CCCC=CCCC=CCC1.[Cl][Pt][Cl]. The number of halogens is 2. The van der Waals surface area contributed by atoms with E-state index < -0.39 is 16.5 Å². The third kappa shape index (κ3) is 14.5. The van der Waals surface area contributed by atoms with Gasteiger partial charge in [-0.05, 0) is 19.3 Å². The summed E-state index contributed by atoms with van der Waals surface area (Å²) in [6.45, 7) is 0. The van der Waals surface area contributed by atoms with Crippen molar-refractivity contribution in [3.63, 3.8) is 0 Å². The van der Waals surface area contributed by atoms with E-state index in [1.54, 1.807) is 0 Å². The molecular weight excluding hydrogens is 410 g/mol. The molecule has 90 valence electrons. The van der Waals surface area contributed by atoms with Gasteiger partial charge in [0.2, 0.25) is 0 Å². The first-order valence-electron chi connectivity index (χ1n) is 5.09. The fourth-order valence-electron chi connectivity index (χ4n) is 1.21. The molecule has 0 saturated carbocycles. The Balaban J connectivity index is 0.000000583. The first-order valence-corrected chi connectivity index (χ1v) is 10.7. The van der Waals surface area contributed by atoms with Crippen LogP contribution in [-0.2, 0) is 16.5 Å². The zero-order valence-corrected chi connectivity index (χ0v) is 12.5. The summed E-state index contributed by atoms with van der Waals surface area (Å²) in [6.07, 6.45) is 21.5. The van der Waals surface area contributed by atoms with Crippen LogP contribution in [0, 0.1) is 6.08 Å². The molecule has 0 bridgehead atoms. The predicted octanol–water partition coefficient (Wildman–Crippen LogP) is 5.19. The molecule has 3 heteroatoms. The van der Waals surface area contributed by atoms with Crippen molar-refractivity contribution in [1.82, 2.24) is 0 Å². The van der Waals surface area contributed by atoms with Gasteiger partial charge >= 0.3 is 35.3 Å². The van der Waals surface area contributed by atoms with E-state index in [1.165, 1.54) is 19.3 Å². The van der Waals surface area contributed by atoms with Gasteiger partial charge in [-0.15, -0.1) is 0 Å². The fraction of sp³-hybridized carbons (Fsp3) is 0.500. The number of hydrogen-bond donors (Lipinski definition) is 0. The van der Waals surface area contributed by atoms with E-state index in [9.17, 15) is 0 Å². The Morgan fingerprint density at radius 1 is 0.800 bits per heavy atom. The molecule has 0 saturated heterocycles. The minimum atomic E-state index is -0.472. The standard InChI is InChI=1S/C12H17.2ClH.Pt/c1-2-4-6-8-10-12-11-9-7-5-3-1;;;/h1-2,7-9H,3-6,11-12H2;2*1H;/q-1;;;+2/p-2. The van der Waals surface area contributed by atoms with Gasteiger partial charge in [0, 0.05) is 0 Å². The monoisotopic (exact) mass is 426 g/mol. The molecule has 1 aliphatic rings. The summed E-state index contributed by atoms with van der Waals surface area (Å²) in [6, 6.07) is 0. The van der Waals surface area contributed by atoms with Crippen LogP contribution in [0.15, 0.2) is 30.4 Å². The van der Waals surface area contributed by atoms with Crippen molar-refractivity contribution in [3.05, 3.63) is 36.5 Å². The quantitative estimate of drug-likeness (QED) is 0.369. The van der Waals surface area contributed by atoms with E-state index in [1.807, 2.05) is 0 Å². The maximum atomic E-state index is 4.88. The molecule has 0 spiro atoms. The Labute approximate surface area is 110 Å². The Hall–Kier alpha value is 0.488. The van der Waals surface area contributed by atoms with E-state index in [0.29, 0.717) is 0 Å². The van der Waals surface area contributed by atoms with Gasteiger partial charge in [-0.25, -0.2) is 0 Å². The predicted molar refractivity (Wildman–Crippen MR) is 65.5 cm³/mol. The molecule has 0 N–H and O–H groups in total. The Morgan fingerprint density at radius 3 is 1.87 bits per heavy atom. The zero-order chi connectivity index (χ0) is 11.2. The van der Waals surface area contributed by atoms with Crippen LogP contribution in [0.25, 0.3) is 0 Å². The number of hydrogen-bond acceptors (Lipinski definition) is 0. The number of allylic oxidation sites excluding steroid dienone is 6. The van der Waals surface area contributed by atoms with Crippen molar-refractivity contribution in [2.45, 2.75) is 38.5 Å². The summed E-state index contributed by atoms with van der Waals surface area (Å²) >= 11 is -0.472. The molecule has 0 aromatic rings. The van der Waals surface area contributed by atoms with E-state index in [2.05, 4.69) is 36.5 Å². The van der Waals surface area contributed by atoms with Crippen LogP contribution in [0.1, 0.15) is 38.5 Å². The van der Waals surface area contributed by atoms with Crippen molar-refractivity contribution in [1.29, 1.82) is 0 Å². The molecule has 0 aliphatic heterocycles. The number of rotatable bonds is 0. The molecule has 0 radical (unpaired) electrons. The van der Waals surface area contributed by atoms with Crippen molar-refractivity contribution in [2.75, 3.05) is 0 Å². The Kier molecular flexibility index (Phi) is 15.0. The molecule has 0 heterocycles. The van der Waals surface area contributed by atoms with Gasteiger partial charge in [0.15, 0.2) is 0 Å². The van der Waals surface area contributed by atoms with E-state index in [-0.39, 0.29) is 0 Å². The van der Waals surface area contributed by atoms with E-state index in [0.717, 1.165) is 19.3 Å². The van der Waals surface area contributed by atoms with Crippen LogP contribution >= 0.6 is 18.8 Å². The van der Waals surface area contributed by atoms with Gasteiger partial charge in [-0.3, -0.25) is 6.08 Å². The molecule has 1 aliphatic carbocycles. The average Bonchev–Trinajstić information content (AvgIpc) is 2.19. The summed E-state index contributed by atoms with van der Waals surface area (Å²) in [7, 11) is 9.75. The van der Waals surface area contributed by atoms with Crippen LogP contribution in [0.5, 0.6) is 0 Å². The van der Waals surface area contributed by atoms with Gasteiger partial charge in [0.05, 0.1) is 0 Å². The fourth-order valence-corrected chi connectivity index (χ4v) is 1.21. The van der Waals surface area contributed by atoms with Gasteiger partial charge in [-0.2, -0.15) is 6.42 Å². The van der Waals surface area contributed by atoms with Crippen LogP contribution in [0.4, 0.5) is 0 Å². The first-order chi connectivity index (χ1) is 7.41. The van der Waals surface area contributed by atoms with Crippen LogP contribution in [0.2, 0.25) is 0 Å². The van der Waals surface area contributed by atoms with Crippen molar-refractivity contribution < 1.29 is 16.5 Å². The van der Waals surface area contributed by atoms with Crippen LogP contribution in [-0.4, -0.2) is 0 Å². The van der Waals surface area contributed by atoms with E-state index >= 15 is 0 Å². The molecule has 1 rings (SSSR count). The second-order valence-corrected chi connectivity index (χ2v) is 6.37. The summed E-state index contributed by atoms with van der Waals surface area (Å²) in [5.41, 5.74) is 0. The van der Waals surface area contributed by atoms with Crippen LogP contribution < -0.4 is 0 Å². The third-order valence-corrected chi connectivity index (χ3v) is 1.91. The average molecular weight is 427 g/mol. The van der Waals surface area contributed by atoms with Crippen molar-refractivity contribution >= 4 is 18.8 Å². The Morgan fingerprint density at radius 2 is 1.27 bits per heavy atom. The molecule has 15 heavy (non-hydrogen) atoms.